The van der Waals surface area contributed by atoms with E-state index in [4.69, 9.17) is 0 Å². The van der Waals surface area contributed by atoms with Gasteiger partial charge in [-0.05, 0) is 38.8 Å². The summed E-state index contributed by atoms with van der Waals surface area (Å²) in [5.41, 5.74) is 0. The molecular formula is C15H32N2. The van der Waals surface area contributed by atoms with Crippen LogP contribution in [0.3, 0.4) is 0 Å². The summed E-state index contributed by atoms with van der Waals surface area (Å²) < 4.78 is 0. The van der Waals surface area contributed by atoms with Crippen molar-refractivity contribution < 1.29 is 0 Å². The molecule has 2 unspecified atom stereocenters. The summed E-state index contributed by atoms with van der Waals surface area (Å²) in [6, 6.07) is 2.16. The summed E-state index contributed by atoms with van der Waals surface area (Å²) in [6.07, 6.45) is 5.71. The fourth-order valence-corrected chi connectivity index (χ4v) is 3.03. The lowest BCUT2D eigenvalue weighted by molar-refractivity contribution is 0.114. The first kappa shape index (κ1) is 15.0. The normalized spacial score (nSPS) is 21.4. The van der Waals surface area contributed by atoms with E-state index in [1.807, 2.05) is 0 Å². The average Bonchev–Trinajstić information content (AvgIpc) is 2.80. The zero-order valence-corrected chi connectivity index (χ0v) is 12.5. The molecule has 0 saturated heterocycles. The molecule has 2 atom stereocenters. The lowest BCUT2D eigenvalue weighted by Crippen LogP contribution is -2.46. The first-order valence-corrected chi connectivity index (χ1v) is 7.55. The van der Waals surface area contributed by atoms with Crippen molar-refractivity contribution >= 4 is 0 Å². The van der Waals surface area contributed by atoms with Gasteiger partial charge in [-0.25, -0.2) is 0 Å². The first-order valence-electron chi connectivity index (χ1n) is 7.55. The lowest BCUT2D eigenvalue weighted by Gasteiger charge is -2.37. The van der Waals surface area contributed by atoms with E-state index in [1.165, 1.54) is 32.2 Å². The second kappa shape index (κ2) is 7.38. The molecule has 0 aliphatic heterocycles. The van der Waals surface area contributed by atoms with Gasteiger partial charge >= 0.3 is 0 Å². The van der Waals surface area contributed by atoms with E-state index in [0.29, 0.717) is 12.1 Å². The maximum atomic E-state index is 3.57. The Kier molecular flexibility index (Phi) is 6.50. The van der Waals surface area contributed by atoms with E-state index >= 15 is 0 Å². The maximum Gasteiger partial charge on any atom is 0.0107 e. The molecule has 0 heterocycles. The predicted molar refractivity (Wildman–Crippen MR) is 76.4 cm³/mol. The van der Waals surface area contributed by atoms with Crippen molar-refractivity contribution in [2.75, 3.05) is 13.1 Å². The molecule has 1 N–H and O–H groups in total. The first-order chi connectivity index (χ1) is 8.06. The quantitative estimate of drug-likeness (QED) is 0.735. The highest BCUT2D eigenvalue weighted by Gasteiger charge is 2.27. The fourth-order valence-electron chi connectivity index (χ4n) is 3.03. The summed E-state index contributed by atoms with van der Waals surface area (Å²) in [5, 5.41) is 3.57. The van der Waals surface area contributed by atoms with E-state index in [0.717, 1.165) is 18.5 Å². The number of nitrogens with zero attached hydrogens (tertiary/aromatic N) is 1. The zero-order chi connectivity index (χ0) is 12.8. The van der Waals surface area contributed by atoms with Crippen molar-refractivity contribution in [1.29, 1.82) is 0 Å². The third-order valence-corrected chi connectivity index (χ3v) is 4.35. The third-order valence-electron chi connectivity index (χ3n) is 4.35. The Balaban J connectivity index is 2.43. The maximum absolute atomic E-state index is 3.57. The summed E-state index contributed by atoms with van der Waals surface area (Å²) in [6.45, 7) is 13.9. The molecular weight excluding hydrogens is 208 g/mol. The molecule has 17 heavy (non-hydrogen) atoms. The molecule has 0 amide bonds. The third kappa shape index (κ3) is 4.59. The van der Waals surface area contributed by atoms with Crippen molar-refractivity contribution in [3.63, 3.8) is 0 Å². The molecule has 0 aromatic rings. The van der Waals surface area contributed by atoms with E-state index in [1.54, 1.807) is 0 Å². The largest absolute Gasteiger partial charge is 0.314 e. The van der Waals surface area contributed by atoms with E-state index in [2.05, 4.69) is 44.8 Å². The number of nitrogens with one attached hydrogen (secondary N) is 1. The zero-order valence-electron chi connectivity index (χ0n) is 12.5. The van der Waals surface area contributed by atoms with Gasteiger partial charge in [-0.15, -0.1) is 0 Å². The fraction of sp³-hybridized carbons (Fsp3) is 1.00. The smallest absolute Gasteiger partial charge is 0.0107 e. The Labute approximate surface area is 108 Å². The van der Waals surface area contributed by atoms with E-state index < -0.39 is 0 Å². The van der Waals surface area contributed by atoms with Crippen LogP contribution in [0, 0.1) is 5.92 Å². The lowest BCUT2D eigenvalue weighted by atomic mass is 9.99. The minimum atomic E-state index is 0.603. The van der Waals surface area contributed by atoms with E-state index in [9.17, 15) is 0 Å². The van der Waals surface area contributed by atoms with Crippen molar-refractivity contribution in [2.45, 2.75) is 78.4 Å². The summed E-state index contributed by atoms with van der Waals surface area (Å²) >= 11 is 0. The Bertz CT molecular complexity index is 197. The van der Waals surface area contributed by atoms with Gasteiger partial charge in [0.25, 0.3) is 0 Å². The molecule has 0 radical (unpaired) electrons. The van der Waals surface area contributed by atoms with Crippen molar-refractivity contribution in [1.82, 2.24) is 10.2 Å². The Hall–Kier alpha value is -0.0800. The minimum Gasteiger partial charge on any atom is -0.314 e. The molecule has 0 aromatic heterocycles. The van der Waals surface area contributed by atoms with Gasteiger partial charge < -0.3 is 5.32 Å². The van der Waals surface area contributed by atoms with Gasteiger partial charge in [0.2, 0.25) is 0 Å². The molecule has 1 aliphatic carbocycles. The second-order valence-corrected chi connectivity index (χ2v) is 6.05. The van der Waals surface area contributed by atoms with Gasteiger partial charge in [0.1, 0.15) is 0 Å². The Morgan fingerprint density at radius 3 is 2.18 bits per heavy atom. The molecule has 1 saturated carbocycles. The van der Waals surface area contributed by atoms with Crippen LogP contribution in [0.5, 0.6) is 0 Å². The molecule has 1 aliphatic rings. The Morgan fingerprint density at radius 2 is 1.71 bits per heavy atom. The molecule has 1 rings (SSSR count). The molecule has 0 bridgehead atoms. The van der Waals surface area contributed by atoms with Crippen LogP contribution in [-0.2, 0) is 0 Å². The van der Waals surface area contributed by atoms with Crippen LogP contribution in [0.1, 0.15) is 60.3 Å². The van der Waals surface area contributed by atoms with Crippen molar-refractivity contribution in [3.8, 4) is 0 Å². The topological polar surface area (TPSA) is 15.3 Å². The number of hydrogen-bond donors (Lipinski definition) is 1. The highest BCUT2D eigenvalue weighted by atomic mass is 15.2. The van der Waals surface area contributed by atoms with Gasteiger partial charge in [-0.3, -0.25) is 4.90 Å². The van der Waals surface area contributed by atoms with Gasteiger partial charge in [0.05, 0.1) is 0 Å². The molecule has 2 nitrogen and oxygen atoms in total. The summed E-state index contributed by atoms with van der Waals surface area (Å²) in [7, 11) is 0. The molecule has 2 heteroatoms. The van der Waals surface area contributed by atoms with Gasteiger partial charge in [0, 0.05) is 18.1 Å². The average molecular weight is 240 g/mol. The molecule has 1 fully saturated rings. The van der Waals surface area contributed by atoms with Crippen LogP contribution in [0.4, 0.5) is 0 Å². The highest BCUT2D eigenvalue weighted by Crippen LogP contribution is 2.26. The monoisotopic (exact) mass is 240 g/mol. The molecule has 0 aromatic carbocycles. The summed E-state index contributed by atoms with van der Waals surface area (Å²) in [4.78, 5) is 2.74. The van der Waals surface area contributed by atoms with Crippen molar-refractivity contribution in [2.24, 2.45) is 5.92 Å². The van der Waals surface area contributed by atoms with Crippen LogP contribution < -0.4 is 5.32 Å². The van der Waals surface area contributed by atoms with Crippen LogP contribution in [0.2, 0.25) is 0 Å². The number of rotatable bonds is 7. The standard InChI is InChI=1S/C15H32N2/c1-6-17(15-9-7-8-10-15)14(5)13(4)11-16-12(2)3/h12-16H,6-11H2,1-5H3. The summed E-state index contributed by atoms with van der Waals surface area (Å²) in [5.74, 6) is 0.734. The SMILES string of the molecule is CCN(C1CCCC1)C(C)C(C)CNC(C)C. The molecule has 0 spiro atoms. The van der Waals surface area contributed by atoms with Crippen LogP contribution >= 0.6 is 0 Å². The Morgan fingerprint density at radius 1 is 1.12 bits per heavy atom. The minimum absolute atomic E-state index is 0.603. The number of hydrogen-bond acceptors (Lipinski definition) is 2. The molecule has 102 valence electrons. The van der Waals surface area contributed by atoms with Crippen LogP contribution in [0.25, 0.3) is 0 Å². The van der Waals surface area contributed by atoms with Gasteiger partial charge in [-0.2, -0.15) is 0 Å². The van der Waals surface area contributed by atoms with Gasteiger partial charge in [0.15, 0.2) is 0 Å². The highest BCUT2D eigenvalue weighted by molar-refractivity contribution is 4.83. The van der Waals surface area contributed by atoms with Crippen LogP contribution in [0.15, 0.2) is 0 Å². The predicted octanol–water partition coefficient (Wildman–Crippen LogP) is 3.27. The van der Waals surface area contributed by atoms with Crippen molar-refractivity contribution in [3.05, 3.63) is 0 Å². The second-order valence-electron chi connectivity index (χ2n) is 6.05. The van der Waals surface area contributed by atoms with Crippen LogP contribution in [-0.4, -0.2) is 36.1 Å². The van der Waals surface area contributed by atoms with E-state index in [-0.39, 0.29) is 0 Å². The van der Waals surface area contributed by atoms with Gasteiger partial charge in [-0.1, -0.05) is 40.5 Å².